The minimum atomic E-state index is -3.94. The molecule has 1 heterocycles. The first-order valence-electron chi connectivity index (χ1n) is 4.74. The van der Waals surface area contributed by atoms with Crippen molar-refractivity contribution in [3.63, 3.8) is 0 Å². The number of ether oxygens (including phenoxy) is 1. The molecule has 8 nitrogen and oxygen atoms in total. The summed E-state index contributed by atoms with van der Waals surface area (Å²) in [7, 11) is -2.88. The van der Waals surface area contributed by atoms with Gasteiger partial charge in [-0.15, -0.1) is 0 Å². The second-order valence-corrected chi connectivity index (χ2v) is 5.21. The van der Waals surface area contributed by atoms with Crippen LogP contribution in [0.4, 0.5) is 0 Å². The summed E-state index contributed by atoms with van der Waals surface area (Å²) in [6, 6.07) is -1.03. The minimum Gasteiger partial charge on any atom is -0.468 e. The van der Waals surface area contributed by atoms with Crippen LogP contribution < -0.4 is 10.0 Å². The summed E-state index contributed by atoms with van der Waals surface area (Å²) in [6.45, 7) is 0. The number of amides is 2. The van der Waals surface area contributed by atoms with E-state index >= 15 is 0 Å². The quantitative estimate of drug-likeness (QED) is 0.443. The molecule has 0 spiro atoms. The molecular formula is C8H12N2O6S. The van der Waals surface area contributed by atoms with Crippen LogP contribution in [0.5, 0.6) is 0 Å². The fourth-order valence-corrected chi connectivity index (χ4v) is 2.45. The largest absolute Gasteiger partial charge is 0.468 e. The van der Waals surface area contributed by atoms with Gasteiger partial charge in [0.2, 0.25) is 21.8 Å². The average molecular weight is 264 g/mol. The fraction of sp³-hybridized carbons (Fsp3) is 0.625. The van der Waals surface area contributed by atoms with Crippen molar-refractivity contribution in [2.75, 3.05) is 12.9 Å². The molecule has 0 aliphatic carbocycles. The molecule has 1 aliphatic rings. The second-order valence-electron chi connectivity index (χ2n) is 3.46. The molecule has 0 saturated carbocycles. The first-order valence-corrected chi connectivity index (χ1v) is 6.40. The number of rotatable bonds is 4. The van der Waals surface area contributed by atoms with Gasteiger partial charge in [0, 0.05) is 6.42 Å². The van der Waals surface area contributed by atoms with Crippen LogP contribution in [-0.4, -0.2) is 45.1 Å². The van der Waals surface area contributed by atoms with E-state index in [1.54, 1.807) is 0 Å². The van der Waals surface area contributed by atoms with Crippen molar-refractivity contribution < 1.29 is 27.5 Å². The van der Waals surface area contributed by atoms with Crippen LogP contribution in [0, 0.1) is 0 Å². The number of hydrogen-bond donors (Lipinski definition) is 2. The topological polar surface area (TPSA) is 119 Å². The minimum absolute atomic E-state index is 0.0527. The van der Waals surface area contributed by atoms with Gasteiger partial charge in [-0.3, -0.25) is 19.7 Å². The van der Waals surface area contributed by atoms with Crippen LogP contribution in [0.2, 0.25) is 0 Å². The third-order valence-corrected chi connectivity index (χ3v) is 3.36. The summed E-state index contributed by atoms with van der Waals surface area (Å²) in [5, 5.41) is 2.00. The van der Waals surface area contributed by atoms with Crippen molar-refractivity contribution in [2.24, 2.45) is 0 Å². The lowest BCUT2D eigenvalue weighted by molar-refractivity contribution is -0.138. The zero-order valence-corrected chi connectivity index (χ0v) is 9.87. The Balaban J connectivity index is 2.62. The van der Waals surface area contributed by atoms with Gasteiger partial charge in [0.25, 0.3) is 0 Å². The molecule has 1 atom stereocenters. The molecule has 1 rings (SSSR count). The van der Waals surface area contributed by atoms with Crippen LogP contribution in [0.3, 0.4) is 0 Å². The van der Waals surface area contributed by atoms with Crippen LogP contribution in [0.1, 0.15) is 12.8 Å². The smallest absolute Gasteiger partial charge is 0.322 e. The molecule has 1 aliphatic heterocycles. The van der Waals surface area contributed by atoms with Crippen molar-refractivity contribution in [1.29, 1.82) is 0 Å². The van der Waals surface area contributed by atoms with E-state index in [4.69, 9.17) is 0 Å². The Morgan fingerprint density at radius 2 is 2.18 bits per heavy atom. The molecule has 0 radical (unpaired) electrons. The first kappa shape index (κ1) is 13.6. The van der Waals surface area contributed by atoms with Gasteiger partial charge in [0.15, 0.2) is 5.75 Å². The van der Waals surface area contributed by atoms with Crippen LogP contribution in [-0.2, 0) is 29.1 Å². The highest BCUT2D eigenvalue weighted by atomic mass is 32.2. The van der Waals surface area contributed by atoms with Crippen molar-refractivity contribution >= 4 is 27.8 Å². The van der Waals surface area contributed by atoms with E-state index < -0.39 is 39.6 Å². The van der Waals surface area contributed by atoms with Crippen molar-refractivity contribution in [3.05, 3.63) is 0 Å². The van der Waals surface area contributed by atoms with Crippen molar-refractivity contribution in [1.82, 2.24) is 10.0 Å². The number of piperidine rings is 1. The molecule has 9 heteroatoms. The van der Waals surface area contributed by atoms with E-state index in [0.717, 1.165) is 7.11 Å². The number of carbonyl (C=O) groups is 3. The summed E-state index contributed by atoms with van der Waals surface area (Å²) >= 11 is 0. The summed E-state index contributed by atoms with van der Waals surface area (Å²) in [6.07, 6.45) is 0.127. The number of hydrogen-bond acceptors (Lipinski definition) is 6. The Morgan fingerprint density at radius 1 is 1.53 bits per heavy atom. The van der Waals surface area contributed by atoms with Gasteiger partial charge < -0.3 is 4.74 Å². The van der Waals surface area contributed by atoms with Crippen molar-refractivity contribution in [2.45, 2.75) is 18.9 Å². The van der Waals surface area contributed by atoms with Crippen molar-refractivity contribution in [3.8, 4) is 0 Å². The highest BCUT2D eigenvalue weighted by molar-refractivity contribution is 7.90. The predicted molar refractivity (Wildman–Crippen MR) is 55.1 cm³/mol. The highest BCUT2D eigenvalue weighted by Crippen LogP contribution is 2.05. The lowest BCUT2D eigenvalue weighted by Crippen LogP contribution is -2.53. The lowest BCUT2D eigenvalue weighted by Gasteiger charge is -2.21. The normalized spacial score (nSPS) is 20.9. The maximum atomic E-state index is 11.4. The number of imide groups is 1. The molecular weight excluding hydrogens is 252 g/mol. The van der Waals surface area contributed by atoms with E-state index in [2.05, 4.69) is 4.74 Å². The summed E-state index contributed by atoms with van der Waals surface area (Å²) < 4.78 is 29.1. The molecule has 1 unspecified atom stereocenters. The third kappa shape index (κ3) is 4.11. The second kappa shape index (κ2) is 5.23. The van der Waals surface area contributed by atoms with Gasteiger partial charge in [-0.25, -0.2) is 13.1 Å². The maximum absolute atomic E-state index is 11.4. The number of nitrogens with one attached hydrogen (secondary N) is 2. The number of methoxy groups -OCH3 is 1. The average Bonchev–Trinajstić information content (AvgIpc) is 2.21. The molecule has 0 bridgehead atoms. The summed E-state index contributed by atoms with van der Waals surface area (Å²) in [4.78, 5) is 32.9. The molecule has 2 N–H and O–H groups in total. The Kier molecular flexibility index (Phi) is 4.18. The molecule has 2 amide bonds. The first-order chi connectivity index (χ1) is 7.84. The molecule has 1 saturated heterocycles. The van der Waals surface area contributed by atoms with E-state index in [-0.39, 0.29) is 12.8 Å². The zero-order chi connectivity index (χ0) is 13.1. The number of sulfonamides is 1. The van der Waals surface area contributed by atoms with Crippen LogP contribution >= 0.6 is 0 Å². The number of carbonyl (C=O) groups excluding carboxylic acids is 3. The van der Waals surface area contributed by atoms with Gasteiger partial charge >= 0.3 is 5.97 Å². The zero-order valence-electron chi connectivity index (χ0n) is 9.06. The Bertz CT molecular complexity index is 443. The van der Waals surface area contributed by atoms with E-state index in [1.807, 2.05) is 10.0 Å². The van der Waals surface area contributed by atoms with Crippen LogP contribution in [0.15, 0.2) is 0 Å². The highest BCUT2D eigenvalue weighted by Gasteiger charge is 2.31. The van der Waals surface area contributed by atoms with Gasteiger partial charge in [-0.2, -0.15) is 0 Å². The summed E-state index contributed by atoms with van der Waals surface area (Å²) in [5.74, 6) is -2.95. The molecule has 96 valence electrons. The molecule has 0 aromatic heterocycles. The molecule has 1 fully saturated rings. The lowest BCUT2D eigenvalue weighted by atomic mass is 10.1. The SMILES string of the molecule is COC(=O)CS(=O)(=O)NC1CCC(=O)NC1=O. The Morgan fingerprint density at radius 3 is 2.71 bits per heavy atom. The monoisotopic (exact) mass is 264 g/mol. The van der Waals surface area contributed by atoms with Gasteiger partial charge in [0.05, 0.1) is 7.11 Å². The van der Waals surface area contributed by atoms with E-state index in [0.29, 0.717) is 0 Å². The number of esters is 1. The van der Waals surface area contributed by atoms with E-state index in [1.165, 1.54) is 0 Å². The summed E-state index contributed by atoms with van der Waals surface area (Å²) in [5.41, 5.74) is 0. The molecule has 0 aromatic carbocycles. The van der Waals surface area contributed by atoms with Gasteiger partial charge in [0.1, 0.15) is 6.04 Å². The predicted octanol–water partition coefficient (Wildman–Crippen LogP) is -2.12. The Hall–Kier alpha value is -1.48. The maximum Gasteiger partial charge on any atom is 0.322 e. The fourth-order valence-electron chi connectivity index (χ4n) is 1.28. The van der Waals surface area contributed by atoms with Gasteiger partial charge in [-0.05, 0) is 6.42 Å². The third-order valence-electron chi connectivity index (χ3n) is 2.10. The molecule has 0 aromatic rings. The van der Waals surface area contributed by atoms with E-state index in [9.17, 15) is 22.8 Å². The molecule has 17 heavy (non-hydrogen) atoms. The van der Waals surface area contributed by atoms with Crippen LogP contribution in [0.25, 0.3) is 0 Å². The standard InChI is InChI=1S/C8H12N2O6S/c1-16-7(12)4-17(14,15)10-5-2-3-6(11)9-8(5)13/h5,10H,2-4H2,1H3,(H,9,11,13). The van der Waals surface area contributed by atoms with Gasteiger partial charge in [-0.1, -0.05) is 0 Å². The Labute approximate surface area is 97.7 Å².